The van der Waals surface area contributed by atoms with Crippen molar-refractivity contribution in [2.75, 3.05) is 11.9 Å². The lowest BCUT2D eigenvalue weighted by Crippen LogP contribution is -2.21. The third-order valence-corrected chi connectivity index (χ3v) is 3.88. The topological polar surface area (TPSA) is 64.6 Å². The van der Waals surface area contributed by atoms with Crippen LogP contribution in [0.15, 0.2) is 72.8 Å². The summed E-state index contributed by atoms with van der Waals surface area (Å²) in [7, 11) is 0. The molecule has 0 aliphatic heterocycles. The van der Waals surface area contributed by atoms with E-state index in [-0.39, 0.29) is 11.3 Å². The van der Waals surface area contributed by atoms with Crippen LogP contribution in [0.3, 0.4) is 0 Å². The van der Waals surface area contributed by atoms with Gasteiger partial charge in [-0.3, -0.25) is 4.79 Å². The zero-order valence-corrected chi connectivity index (χ0v) is 15.2. The molecule has 0 spiro atoms. The first-order valence-electron chi connectivity index (χ1n) is 8.70. The van der Waals surface area contributed by atoms with E-state index in [1.807, 2.05) is 30.3 Å². The normalized spacial score (nSPS) is 10.3. The van der Waals surface area contributed by atoms with Crippen LogP contribution in [0.2, 0.25) is 0 Å². The van der Waals surface area contributed by atoms with E-state index >= 15 is 0 Å². The van der Waals surface area contributed by atoms with Crippen LogP contribution in [0.4, 0.5) is 14.5 Å². The quantitative estimate of drug-likeness (QED) is 0.603. The highest BCUT2D eigenvalue weighted by atomic mass is 19.1. The molecule has 0 bridgehead atoms. The molecular weight excluding hydrogens is 380 g/mol. The molecule has 0 aliphatic rings. The number of carbonyl (C=O) groups is 2. The minimum absolute atomic E-state index is 0.248. The Morgan fingerprint density at radius 2 is 1.62 bits per heavy atom. The highest BCUT2D eigenvalue weighted by Crippen LogP contribution is 2.15. The Labute approximate surface area is 165 Å². The molecule has 148 valence electrons. The van der Waals surface area contributed by atoms with Crippen molar-refractivity contribution in [2.24, 2.45) is 0 Å². The fourth-order valence-corrected chi connectivity index (χ4v) is 2.41. The number of esters is 1. The summed E-state index contributed by atoms with van der Waals surface area (Å²) >= 11 is 0. The zero-order chi connectivity index (χ0) is 20.6. The number of hydrogen-bond donors (Lipinski definition) is 1. The standard InChI is InChI=1S/C22H17F2NO4/c23-17-10-11-19(24)20(12-17)25-21(26)14-29-22(27)16-8-6-15(7-9-16)13-28-18-4-2-1-3-5-18/h1-12H,13-14H2,(H,25,26). The molecule has 0 saturated carbocycles. The van der Waals surface area contributed by atoms with Gasteiger partial charge >= 0.3 is 5.97 Å². The van der Waals surface area contributed by atoms with Gasteiger partial charge in [0.15, 0.2) is 6.61 Å². The van der Waals surface area contributed by atoms with Gasteiger partial charge in [-0.1, -0.05) is 30.3 Å². The second kappa shape index (κ2) is 9.45. The van der Waals surface area contributed by atoms with Gasteiger partial charge in [-0.15, -0.1) is 0 Å². The number of amides is 1. The van der Waals surface area contributed by atoms with Crippen molar-refractivity contribution in [3.8, 4) is 5.75 Å². The van der Waals surface area contributed by atoms with Crippen LogP contribution in [-0.4, -0.2) is 18.5 Å². The number of hydrogen-bond acceptors (Lipinski definition) is 4. The van der Waals surface area contributed by atoms with Crippen molar-refractivity contribution in [1.82, 2.24) is 0 Å². The first-order valence-corrected chi connectivity index (χ1v) is 8.70. The molecule has 7 heteroatoms. The Kier molecular flexibility index (Phi) is 6.52. The number of carbonyl (C=O) groups excluding carboxylic acids is 2. The van der Waals surface area contributed by atoms with Crippen LogP contribution in [0.25, 0.3) is 0 Å². The molecule has 0 unspecified atom stereocenters. The molecule has 5 nitrogen and oxygen atoms in total. The van der Waals surface area contributed by atoms with Crippen molar-refractivity contribution < 1.29 is 27.8 Å². The maximum atomic E-state index is 13.5. The number of halogens is 2. The number of nitrogens with one attached hydrogen (secondary N) is 1. The monoisotopic (exact) mass is 397 g/mol. The molecule has 1 N–H and O–H groups in total. The Bertz CT molecular complexity index is 991. The minimum Gasteiger partial charge on any atom is -0.489 e. The molecule has 0 fully saturated rings. The second-order valence-corrected chi connectivity index (χ2v) is 6.05. The largest absolute Gasteiger partial charge is 0.489 e. The second-order valence-electron chi connectivity index (χ2n) is 6.05. The van der Waals surface area contributed by atoms with E-state index in [0.29, 0.717) is 6.61 Å². The average Bonchev–Trinajstić information content (AvgIpc) is 2.74. The van der Waals surface area contributed by atoms with Crippen molar-refractivity contribution in [3.05, 3.63) is 95.6 Å². The van der Waals surface area contributed by atoms with Crippen molar-refractivity contribution in [3.63, 3.8) is 0 Å². The summed E-state index contributed by atoms with van der Waals surface area (Å²) < 4.78 is 37.1. The van der Waals surface area contributed by atoms with Gasteiger partial charge in [0.2, 0.25) is 0 Å². The lowest BCUT2D eigenvalue weighted by atomic mass is 10.1. The van der Waals surface area contributed by atoms with Crippen LogP contribution in [-0.2, 0) is 16.1 Å². The molecule has 0 aliphatic carbocycles. The Morgan fingerprint density at radius 1 is 0.897 bits per heavy atom. The molecule has 0 saturated heterocycles. The molecule has 0 radical (unpaired) electrons. The number of anilines is 1. The van der Waals surface area contributed by atoms with Crippen LogP contribution in [0.5, 0.6) is 5.75 Å². The van der Waals surface area contributed by atoms with E-state index in [2.05, 4.69) is 5.32 Å². The maximum Gasteiger partial charge on any atom is 0.338 e. The van der Waals surface area contributed by atoms with Crippen LogP contribution in [0.1, 0.15) is 15.9 Å². The molecule has 3 aromatic carbocycles. The summed E-state index contributed by atoms with van der Waals surface area (Å²) in [4.78, 5) is 23.8. The highest BCUT2D eigenvalue weighted by Gasteiger charge is 2.12. The highest BCUT2D eigenvalue weighted by molar-refractivity contribution is 5.95. The predicted molar refractivity (Wildman–Crippen MR) is 102 cm³/mol. The van der Waals surface area contributed by atoms with E-state index < -0.39 is 30.1 Å². The molecule has 0 atom stereocenters. The summed E-state index contributed by atoms with van der Waals surface area (Å²) in [5.74, 6) is -2.25. The van der Waals surface area contributed by atoms with Crippen LogP contribution < -0.4 is 10.1 Å². The Hall–Kier alpha value is -3.74. The number of ether oxygens (including phenoxy) is 2. The first-order chi connectivity index (χ1) is 14.0. The fourth-order valence-electron chi connectivity index (χ4n) is 2.41. The fraction of sp³-hybridized carbons (Fsp3) is 0.0909. The van der Waals surface area contributed by atoms with Gasteiger partial charge < -0.3 is 14.8 Å². The predicted octanol–water partition coefficient (Wildman–Crippen LogP) is 4.34. The van der Waals surface area contributed by atoms with E-state index in [4.69, 9.17) is 9.47 Å². The van der Waals surface area contributed by atoms with Crippen molar-refractivity contribution in [1.29, 1.82) is 0 Å². The average molecular weight is 397 g/mol. The maximum absolute atomic E-state index is 13.5. The van der Waals surface area contributed by atoms with E-state index in [1.54, 1.807) is 24.3 Å². The summed E-state index contributed by atoms with van der Waals surface area (Å²) in [5, 5.41) is 2.15. The zero-order valence-electron chi connectivity index (χ0n) is 15.2. The Morgan fingerprint density at radius 3 is 2.34 bits per heavy atom. The van der Waals surface area contributed by atoms with Gasteiger partial charge in [-0.25, -0.2) is 13.6 Å². The van der Waals surface area contributed by atoms with Crippen LogP contribution in [0, 0.1) is 11.6 Å². The molecular formula is C22H17F2NO4. The summed E-state index contributed by atoms with van der Waals surface area (Å²) in [6.45, 7) is -0.297. The molecule has 29 heavy (non-hydrogen) atoms. The molecule has 3 aromatic rings. The van der Waals surface area contributed by atoms with Crippen molar-refractivity contribution >= 4 is 17.6 Å². The first kappa shape index (κ1) is 20.0. The van der Waals surface area contributed by atoms with Gasteiger partial charge in [0, 0.05) is 6.07 Å². The van der Waals surface area contributed by atoms with Gasteiger partial charge in [0.25, 0.3) is 5.91 Å². The van der Waals surface area contributed by atoms with Gasteiger partial charge in [0.05, 0.1) is 11.3 Å². The minimum atomic E-state index is -0.792. The molecule has 0 heterocycles. The van der Waals surface area contributed by atoms with E-state index in [1.165, 1.54) is 0 Å². The molecule has 0 aromatic heterocycles. The van der Waals surface area contributed by atoms with E-state index in [0.717, 1.165) is 29.5 Å². The van der Waals surface area contributed by atoms with Crippen LogP contribution >= 0.6 is 0 Å². The number of benzene rings is 3. The molecule has 1 amide bonds. The lowest BCUT2D eigenvalue weighted by Gasteiger charge is -2.09. The van der Waals surface area contributed by atoms with Crippen molar-refractivity contribution in [2.45, 2.75) is 6.61 Å². The van der Waals surface area contributed by atoms with Gasteiger partial charge in [0.1, 0.15) is 24.0 Å². The smallest absolute Gasteiger partial charge is 0.338 e. The third kappa shape index (κ3) is 5.87. The lowest BCUT2D eigenvalue weighted by molar-refractivity contribution is -0.119. The summed E-state index contributed by atoms with van der Waals surface area (Å²) in [6, 6.07) is 18.5. The summed E-state index contributed by atoms with van der Waals surface area (Å²) in [6.07, 6.45) is 0. The summed E-state index contributed by atoms with van der Waals surface area (Å²) in [5.41, 5.74) is 0.775. The molecule has 3 rings (SSSR count). The number of rotatable bonds is 7. The van der Waals surface area contributed by atoms with Gasteiger partial charge in [-0.2, -0.15) is 0 Å². The SMILES string of the molecule is O=C(COC(=O)c1ccc(COc2ccccc2)cc1)Nc1cc(F)ccc1F. The van der Waals surface area contributed by atoms with E-state index in [9.17, 15) is 18.4 Å². The van der Waals surface area contributed by atoms with Gasteiger partial charge in [-0.05, 0) is 42.0 Å². The Balaban J connectivity index is 1.48. The third-order valence-electron chi connectivity index (χ3n) is 3.88. The number of para-hydroxylation sites is 1.